The molecule has 2 nitrogen and oxygen atoms in total. The van der Waals surface area contributed by atoms with Crippen LogP contribution in [0.2, 0.25) is 0 Å². The number of hydrogen-bond acceptors (Lipinski definition) is 2. The quantitative estimate of drug-likeness (QED) is 0.741. The fourth-order valence-electron chi connectivity index (χ4n) is 2.23. The van der Waals surface area contributed by atoms with Crippen LogP contribution in [0.4, 0.5) is 0 Å². The van der Waals surface area contributed by atoms with E-state index in [2.05, 4.69) is 41.3 Å². The molecule has 1 aromatic rings. The highest BCUT2D eigenvalue weighted by Gasteiger charge is 2.13. The van der Waals surface area contributed by atoms with E-state index in [4.69, 9.17) is 5.26 Å². The van der Waals surface area contributed by atoms with Crippen LogP contribution in [0.1, 0.15) is 18.4 Å². The molecule has 0 amide bonds. The Kier molecular flexibility index (Phi) is 4.35. The summed E-state index contributed by atoms with van der Waals surface area (Å²) in [5, 5.41) is 8.60. The molecule has 2 rings (SSSR count). The monoisotopic (exact) mass is 226 g/mol. The van der Waals surface area contributed by atoms with E-state index < -0.39 is 0 Å². The first kappa shape index (κ1) is 11.9. The normalized spacial score (nSPS) is 16.5. The Morgan fingerprint density at radius 2 is 1.88 bits per heavy atom. The van der Waals surface area contributed by atoms with E-state index in [0.29, 0.717) is 0 Å². The lowest BCUT2D eigenvalue weighted by Crippen LogP contribution is -2.32. The first-order chi connectivity index (χ1) is 8.38. The number of hydrogen-bond donors (Lipinski definition) is 0. The van der Waals surface area contributed by atoms with Crippen molar-refractivity contribution in [3.8, 4) is 6.07 Å². The maximum Gasteiger partial charge on any atom is 0.0911 e. The second-order valence-electron chi connectivity index (χ2n) is 4.51. The molecule has 1 saturated heterocycles. The highest BCUT2D eigenvalue weighted by Crippen LogP contribution is 2.16. The van der Waals surface area contributed by atoms with Crippen molar-refractivity contribution in [3.05, 3.63) is 47.5 Å². The second kappa shape index (κ2) is 6.22. The molecule has 17 heavy (non-hydrogen) atoms. The van der Waals surface area contributed by atoms with E-state index in [9.17, 15) is 0 Å². The second-order valence-corrected chi connectivity index (χ2v) is 4.51. The molecule has 0 unspecified atom stereocenters. The van der Waals surface area contributed by atoms with Gasteiger partial charge in [-0.15, -0.1) is 0 Å². The minimum atomic E-state index is 1.06. The van der Waals surface area contributed by atoms with Crippen molar-refractivity contribution < 1.29 is 0 Å². The zero-order valence-corrected chi connectivity index (χ0v) is 10.1. The van der Waals surface area contributed by atoms with Crippen molar-refractivity contribution in [2.75, 3.05) is 19.6 Å². The van der Waals surface area contributed by atoms with Crippen LogP contribution < -0.4 is 0 Å². The maximum atomic E-state index is 8.60. The molecule has 0 spiro atoms. The Labute approximate surface area is 103 Å². The third-order valence-electron chi connectivity index (χ3n) is 3.33. The van der Waals surface area contributed by atoms with E-state index in [1.165, 1.54) is 11.1 Å². The summed E-state index contributed by atoms with van der Waals surface area (Å²) in [5.74, 6) is 0. The van der Waals surface area contributed by atoms with Gasteiger partial charge in [-0.3, -0.25) is 0 Å². The van der Waals surface area contributed by atoms with Gasteiger partial charge in [0, 0.05) is 25.7 Å². The highest BCUT2D eigenvalue weighted by molar-refractivity contribution is 5.16. The van der Waals surface area contributed by atoms with Gasteiger partial charge in [-0.25, -0.2) is 0 Å². The third kappa shape index (κ3) is 3.72. The lowest BCUT2D eigenvalue weighted by Gasteiger charge is -2.27. The number of nitriles is 1. The van der Waals surface area contributed by atoms with Crippen LogP contribution in [-0.2, 0) is 6.42 Å². The molecule has 88 valence electrons. The fourth-order valence-corrected chi connectivity index (χ4v) is 2.23. The smallest absolute Gasteiger partial charge is 0.0911 e. The first-order valence-electron chi connectivity index (χ1n) is 6.22. The average Bonchev–Trinajstić information content (AvgIpc) is 2.40. The van der Waals surface area contributed by atoms with E-state index >= 15 is 0 Å². The Balaban J connectivity index is 1.76. The summed E-state index contributed by atoms with van der Waals surface area (Å²) in [5.41, 5.74) is 2.72. The van der Waals surface area contributed by atoms with Crippen LogP contribution in [0.25, 0.3) is 0 Å². The molecule has 1 aliphatic rings. The zero-order valence-electron chi connectivity index (χ0n) is 10.1. The van der Waals surface area contributed by atoms with Gasteiger partial charge in [-0.2, -0.15) is 5.26 Å². The Hall–Kier alpha value is -1.59. The van der Waals surface area contributed by atoms with Crippen LogP contribution in [0.5, 0.6) is 0 Å². The molecule has 1 aromatic carbocycles. The molecule has 2 heteroatoms. The highest BCUT2D eigenvalue weighted by atomic mass is 15.1. The first-order valence-corrected chi connectivity index (χ1v) is 6.22. The Morgan fingerprint density at radius 1 is 1.18 bits per heavy atom. The van der Waals surface area contributed by atoms with Gasteiger partial charge >= 0.3 is 0 Å². The van der Waals surface area contributed by atoms with E-state index in [-0.39, 0.29) is 0 Å². The average molecular weight is 226 g/mol. The van der Waals surface area contributed by atoms with Crippen LogP contribution in [0.15, 0.2) is 42.0 Å². The van der Waals surface area contributed by atoms with Gasteiger partial charge in [0.15, 0.2) is 0 Å². The third-order valence-corrected chi connectivity index (χ3v) is 3.33. The molecule has 0 radical (unpaired) electrons. The molecule has 0 aliphatic carbocycles. The molecule has 0 saturated carbocycles. The summed E-state index contributed by atoms with van der Waals surface area (Å²) in [6.07, 6.45) is 4.96. The lowest BCUT2D eigenvalue weighted by molar-refractivity contribution is 0.259. The fraction of sp³-hybridized carbons (Fsp3) is 0.400. The molecule has 1 aliphatic heterocycles. The number of allylic oxidation sites excluding steroid dienone is 1. The standard InChI is InChI=1S/C15H18N2/c16-10-6-15-8-12-17(13-9-15)11-7-14-4-2-1-3-5-14/h1-6H,7-9,11-13H2. The van der Waals surface area contributed by atoms with Crippen LogP contribution >= 0.6 is 0 Å². The number of piperidine rings is 1. The van der Waals surface area contributed by atoms with Crippen molar-refractivity contribution in [3.63, 3.8) is 0 Å². The SMILES string of the molecule is N#CC=C1CCN(CCc2ccccc2)CC1. The minimum absolute atomic E-state index is 1.06. The predicted molar refractivity (Wildman–Crippen MR) is 69.5 cm³/mol. The maximum absolute atomic E-state index is 8.60. The molecular weight excluding hydrogens is 208 g/mol. The van der Waals surface area contributed by atoms with Crippen LogP contribution in [0, 0.1) is 11.3 Å². The van der Waals surface area contributed by atoms with Crippen molar-refractivity contribution in [1.29, 1.82) is 5.26 Å². The number of likely N-dealkylation sites (tertiary alicyclic amines) is 1. The summed E-state index contributed by atoms with van der Waals surface area (Å²) in [7, 11) is 0. The molecule has 0 N–H and O–H groups in total. The summed E-state index contributed by atoms with van der Waals surface area (Å²) in [6.45, 7) is 3.32. The van der Waals surface area contributed by atoms with Gasteiger partial charge in [0.25, 0.3) is 0 Å². The number of rotatable bonds is 3. The molecule has 0 bridgehead atoms. The van der Waals surface area contributed by atoms with Gasteiger partial charge in [0.2, 0.25) is 0 Å². The molecule has 0 aromatic heterocycles. The largest absolute Gasteiger partial charge is 0.302 e. The number of benzene rings is 1. The lowest BCUT2D eigenvalue weighted by atomic mass is 10.0. The molecule has 0 atom stereocenters. The summed E-state index contributed by atoms with van der Waals surface area (Å²) >= 11 is 0. The molecule has 1 fully saturated rings. The predicted octanol–water partition coefficient (Wildman–Crippen LogP) is 2.77. The van der Waals surface area contributed by atoms with E-state index in [1.54, 1.807) is 6.08 Å². The summed E-state index contributed by atoms with van der Waals surface area (Å²) < 4.78 is 0. The van der Waals surface area contributed by atoms with Crippen molar-refractivity contribution >= 4 is 0 Å². The van der Waals surface area contributed by atoms with Gasteiger partial charge in [-0.05, 0) is 24.8 Å². The summed E-state index contributed by atoms with van der Waals surface area (Å²) in [4.78, 5) is 2.49. The molecular formula is C15H18N2. The Bertz CT molecular complexity index is 404. The zero-order chi connectivity index (χ0) is 11.9. The number of nitrogens with zero attached hydrogens (tertiary/aromatic N) is 2. The summed E-state index contributed by atoms with van der Waals surface area (Å²) in [6, 6.07) is 12.8. The topological polar surface area (TPSA) is 27.0 Å². The van der Waals surface area contributed by atoms with Gasteiger partial charge < -0.3 is 4.90 Å². The van der Waals surface area contributed by atoms with Gasteiger partial charge in [0.05, 0.1) is 6.07 Å². The van der Waals surface area contributed by atoms with E-state index in [0.717, 1.165) is 38.9 Å². The van der Waals surface area contributed by atoms with Gasteiger partial charge in [-0.1, -0.05) is 35.9 Å². The van der Waals surface area contributed by atoms with Crippen LogP contribution in [0.3, 0.4) is 0 Å². The van der Waals surface area contributed by atoms with Gasteiger partial charge in [0.1, 0.15) is 0 Å². The minimum Gasteiger partial charge on any atom is -0.302 e. The molecule has 1 heterocycles. The van der Waals surface area contributed by atoms with E-state index in [1.807, 2.05) is 0 Å². The van der Waals surface area contributed by atoms with Crippen LogP contribution in [-0.4, -0.2) is 24.5 Å². The van der Waals surface area contributed by atoms with Crippen molar-refractivity contribution in [2.45, 2.75) is 19.3 Å². The Morgan fingerprint density at radius 3 is 2.53 bits per heavy atom. The van der Waals surface area contributed by atoms with Crippen molar-refractivity contribution in [1.82, 2.24) is 4.90 Å². The van der Waals surface area contributed by atoms with Crippen molar-refractivity contribution in [2.24, 2.45) is 0 Å².